The Labute approximate surface area is 313 Å². The number of carbonyl (C=O) groups excluding carboxylic acids is 5. The lowest BCUT2D eigenvalue weighted by atomic mass is 9.46. The van der Waals surface area contributed by atoms with Crippen LogP contribution in [0.3, 0.4) is 0 Å². The van der Waals surface area contributed by atoms with Gasteiger partial charge in [0.25, 0.3) is 12.4 Å². The maximum atomic E-state index is 14.0. The van der Waals surface area contributed by atoms with E-state index in [1.165, 1.54) is 26.6 Å². The molecule has 3 heterocycles. The van der Waals surface area contributed by atoms with Crippen molar-refractivity contribution in [3.63, 3.8) is 0 Å². The maximum absolute atomic E-state index is 14.0. The molecule has 1 aromatic heterocycles. The molecule has 2 bridgehead atoms. The Morgan fingerprint density at radius 3 is 2.28 bits per heavy atom. The van der Waals surface area contributed by atoms with Gasteiger partial charge in [0.05, 0.1) is 50.1 Å². The first-order chi connectivity index (χ1) is 25.2. The number of fused-ring (bicyclic) bond motifs is 3. The molecule has 14 atom stereocenters. The van der Waals surface area contributed by atoms with Crippen LogP contribution in [0.4, 0.5) is 0 Å². The Balaban J connectivity index is 1.86. The molecular formula is C38H52O16. The Morgan fingerprint density at radius 1 is 1.07 bits per heavy atom. The van der Waals surface area contributed by atoms with Gasteiger partial charge in [0.2, 0.25) is 0 Å². The molecule has 0 aromatic carbocycles. The summed E-state index contributed by atoms with van der Waals surface area (Å²) < 4.78 is 46.4. The van der Waals surface area contributed by atoms with Crippen molar-refractivity contribution < 1.29 is 76.9 Å². The van der Waals surface area contributed by atoms with Crippen LogP contribution in [0.15, 0.2) is 35.2 Å². The van der Waals surface area contributed by atoms with Gasteiger partial charge in [-0.1, -0.05) is 40.7 Å². The van der Waals surface area contributed by atoms with Crippen molar-refractivity contribution in [3.8, 4) is 0 Å². The molecule has 300 valence electrons. The number of hydrogen-bond donors (Lipinski definition) is 3. The number of carbonyl (C=O) groups is 5. The molecule has 1 unspecified atom stereocenters. The van der Waals surface area contributed by atoms with Crippen LogP contribution in [-0.2, 0) is 57.1 Å². The fourth-order valence-electron chi connectivity index (χ4n) is 9.99. The molecule has 4 aliphatic rings. The molecule has 0 spiro atoms. The van der Waals surface area contributed by atoms with E-state index < -0.39 is 119 Å². The minimum atomic E-state index is -2.32. The molecular weight excluding hydrogens is 712 g/mol. The number of methoxy groups -OCH3 is 1. The second kappa shape index (κ2) is 14.7. The Bertz CT molecular complexity index is 1630. The summed E-state index contributed by atoms with van der Waals surface area (Å²) in [5.74, 6) is -9.64. The zero-order valence-corrected chi connectivity index (χ0v) is 31.9. The first-order valence-electron chi connectivity index (χ1n) is 18.1. The van der Waals surface area contributed by atoms with Crippen LogP contribution in [0, 0.1) is 28.6 Å². The highest BCUT2D eigenvalue weighted by Crippen LogP contribution is 2.70. The van der Waals surface area contributed by atoms with E-state index in [-0.39, 0.29) is 25.1 Å². The summed E-state index contributed by atoms with van der Waals surface area (Å²) in [6, 6.07) is 1.63. The molecule has 0 amide bonds. The highest BCUT2D eigenvalue weighted by atomic mass is 16.9. The second-order valence-electron chi connectivity index (χ2n) is 15.8. The second-order valence-corrected chi connectivity index (χ2v) is 15.8. The van der Waals surface area contributed by atoms with Crippen molar-refractivity contribution in [1.29, 1.82) is 0 Å². The molecule has 16 nitrogen and oxygen atoms in total. The van der Waals surface area contributed by atoms with Crippen molar-refractivity contribution >= 4 is 30.3 Å². The van der Waals surface area contributed by atoms with Gasteiger partial charge < -0.3 is 52.9 Å². The zero-order chi connectivity index (χ0) is 40.2. The van der Waals surface area contributed by atoms with Gasteiger partial charge in [0.15, 0.2) is 6.10 Å². The average Bonchev–Trinajstić information content (AvgIpc) is 3.79. The van der Waals surface area contributed by atoms with Crippen molar-refractivity contribution in [1.82, 2.24) is 0 Å². The van der Waals surface area contributed by atoms with Gasteiger partial charge in [-0.3, -0.25) is 19.2 Å². The smallest absolute Gasteiger partial charge is 0.335 e. The average molecular weight is 765 g/mol. The molecule has 2 aliphatic carbocycles. The van der Waals surface area contributed by atoms with Gasteiger partial charge in [0, 0.05) is 37.0 Å². The lowest BCUT2D eigenvalue weighted by Crippen LogP contribution is -2.72. The first kappa shape index (κ1) is 41.3. The third kappa shape index (κ3) is 6.42. The summed E-state index contributed by atoms with van der Waals surface area (Å²) in [5.41, 5.74) is -6.86. The fraction of sp³-hybridized carbons (Fsp3) is 0.711. The monoisotopic (exact) mass is 764 g/mol. The van der Waals surface area contributed by atoms with E-state index in [9.17, 15) is 39.3 Å². The Hall–Kier alpha value is -3.83. The van der Waals surface area contributed by atoms with Crippen LogP contribution in [0.2, 0.25) is 0 Å². The number of aliphatic hydroxyl groups is 3. The van der Waals surface area contributed by atoms with E-state index >= 15 is 0 Å². The summed E-state index contributed by atoms with van der Waals surface area (Å²) in [4.78, 5) is 65.6. The van der Waals surface area contributed by atoms with E-state index in [1.54, 1.807) is 40.7 Å². The summed E-state index contributed by atoms with van der Waals surface area (Å²) in [6.07, 6.45) is -5.45. The molecule has 54 heavy (non-hydrogen) atoms. The van der Waals surface area contributed by atoms with Gasteiger partial charge >= 0.3 is 23.9 Å². The minimum Gasteiger partial charge on any atom is -0.472 e. The summed E-state index contributed by atoms with van der Waals surface area (Å²) in [6.45, 7) is 14.8. The summed E-state index contributed by atoms with van der Waals surface area (Å²) in [7, 11) is 1.17. The molecule has 3 N–H and O–H groups in total. The quantitative estimate of drug-likeness (QED) is 0.120. The van der Waals surface area contributed by atoms with Crippen molar-refractivity contribution in [2.24, 2.45) is 28.6 Å². The number of furan rings is 1. The summed E-state index contributed by atoms with van der Waals surface area (Å²) >= 11 is 0. The molecule has 0 radical (unpaired) electrons. The van der Waals surface area contributed by atoms with Gasteiger partial charge in [-0.25, -0.2) is 4.79 Å². The minimum absolute atomic E-state index is 0.0578. The van der Waals surface area contributed by atoms with Gasteiger partial charge in [0.1, 0.15) is 30.0 Å². The van der Waals surface area contributed by atoms with Crippen LogP contribution in [-0.4, -0.2) is 107 Å². The zero-order valence-electron chi connectivity index (χ0n) is 31.9. The lowest BCUT2D eigenvalue weighted by Gasteiger charge is -2.62. The molecule has 2 saturated heterocycles. The van der Waals surface area contributed by atoms with Crippen LogP contribution in [0.5, 0.6) is 0 Å². The van der Waals surface area contributed by atoms with Crippen LogP contribution in [0.1, 0.15) is 85.6 Å². The van der Waals surface area contributed by atoms with Crippen molar-refractivity contribution in [2.75, 3.05) is 13.7 Å². The lowest BCUT2D eigenvalue weighted by molar-refractivity contribution is -0.328. The molecule has 2 aliphatic heterocycles. The molecule has 2 saturated carbocycles. The van der Waals surface area contributed by atoms with Gasteiger partial charge in [-0.15, -0.1) is 0 Å². The van der Waals surface area contributed by atoms with Crippen LogP contribution < -0.4 is 0 Å². The van der Waals surface area contributed by atoms with E-state index in [4.69, 9.17) is 37.6 Å². The number of aliphatic hydroxyl groups excluding tert-OH is 1. The van der Waals surface area contributed by atoms with E-state index in [0.717, 1.165) is 6.92 Å². The van der Waals surface area contributed by atoms with E-state index in [0.29, 0.717) is 12.0 Å². The number of ether oxygens (including phenoxy) is 7. The standard InChI is InChI=1S/C38H52O16/c1-10-19(2)30(43)33(44)53-32-31(49-18-39)29(20(3)38(46)26(51-21(4)40)13-24(36(32,38)8)23-11-12-48-16-23)35(7)25(14-28(42)47-9)34(6)17-50-37(45,54-34)15-27(35)52-22(5)41/h11-12,16,18-19,24-27,29-32,43,45-46H,3,10,13-15,17H2,1-2,4-9H3/t19-,24+,25+,26-,27+,29?,30-,31-,32+,34-,35-,36-,37+,38-/m1/s1. The van der Waals surface area contributed by atoms with Gasteiger partial charge in [-0.2, -0.15) is 0 Å². The number of esters is 4. The molecule has 1 aromatic rings. The van der Waals surface area contributed by atoms with Crippen LogP contribution in [0.25, 0.3) is 0 Å². The van der Waals surface area contributed by atoms with E-state index in [2.05, 4.69) is 6.58 Å². The predicted octanol–water partition coefficient (Wildman–Crippen LogP) is 2.46. The molecule has 4 fully saturated rings. The van der Waals surface area contributed by atoms with Gasteiger partial charge in [-0.05, 0) is 36.5 Å². The SMILES string of the molecule is C=C1C([C@@]2(C)[C@@H](OC(C)=O)C[C@]3(O)OC[C@@](C)(O3)[C@@H]2CC(=O)OC)[C@@H](OC=O)[C@H](OC(=O)[C@H](O)[C@H](C)CC)[C@@]2(C)[C@H](c3ccoc3)C[C@@H](OC(C)=O)[C@]12O. The normalized spacial score (nSPS) is 41.1. The van der Waals surface area contributed by atoms with Crippen LogP contribution >= 0.6 is 0 Å². The highest BCUT2D eigenvalue weighted by Gasteiger charge is 2.79. The fourth-order valence-corrected chi connectivity index (χ4v) is 9.99. The first-order valence-corrected chi connectivity index (χ1v) is 18.1. The number of rotatable bonds is 12. The predicted molar refractivity (Wildman–Crippen MR) is 182 cm³/mol. The van der Waals surface area contributed by atoms with Crippen molar-refractivity contribution in [3.05, 3.63) is 36.3 Å². The largest absolute Gasteiger partial charge is 0.472 e. The third-order valence-electron chi connectivity index (χ3n) is 12.9. The maximum Gasteiger partial charge on any atom is 0.335 e. The van der Waals surface area contributed by atoms with Crippen molar-refractivity contribution in [2.45, 2.75) is 128 Å². The Morgan fingerprint density at radius 2 is 1.72 bits per heavy atom. The number of hydrogen-bond acceptors (Lipinski definition) is 16. The Kier molecular flexibility index (Phi) is 11.2. The highest BCUT2D eigenvalue weighted by molar-refractivity contribution is 5.75. The topological polar surface area (TPSA) is 224 Å². The van der Waals surface area contributed by atoms with E-state index in [1.807, 2.05) is 0 Å². The summed E-state index contributed by atoms with van der Waals surface area (Å²) in [5, 5.41) is 36.2. The molecule has 5 rings (SSSR count). The third-order valence-corrected chi connectivity index (χ3v) is 12.9. The molecule has 16 heteroatoms.